The summed E-state index contributed by atoms with van der Waals surface area (Å²) in [6, 6.07) is 10.2. The average molecular weight is 359 g/mol. The van der Waals surface area contributed by atoms with Crippen molar-refractivity contribution in [1.29, 1.82) is 0 Å². The molecule has 1 aliphatic rings. The van der Waals surface area contributed by atoms with Gasteiger partial charge in [0.15, 0.2) is 0 Å². The summed E-state index contributed by atoms with van der Waals surface area (Å²) in [6.07, 6.45) is -0.821. The Kier molecular flexibility index (Phi) is 3.94. The van der Waals surface area contributed by atoms with E-state index in [1.54, 1.807) is 39.9 Å². The SMILES string of the molecule is O=C(c1cc(-c2cccc(C(F)(F)F)c2)c2cccn2n1)N1CCCC1. The third-order valence-corrected chi connectivity index (χ3v) is 4.61. The monoisotopic (exact) mass is 359 g/mol. The lowest BCUT2D eigenvalue weighted by molar-refractivity contribution is -0.137. The second-order valence-corrected chi connectivity index (χ2v) is 6.36. The molecule has 1 fully saturated rings. The quantitative estimate of drug-likeness (QED) is 0.686. The number of alkyl halides is 3. The minimum absolute atomic E-state index is 0.189. The first-order chi connectivity index (χ1) is 12.4. The first kappa shape index (κ1) is 16.6. The number of amides is 1. The molecule has 0 bridgehead atoms. The Morgan fingerprint density at radius 3 is 2.54 bits per heavy atom. The number of halogens is 3. The molecule has 2 aromatic heterocycles. The molecule has 0 saturated carbocycles. The van der Waals surface area contributed by atoms with E-state index in [0.717, 1.165) is 25.0 Å². The van der Waals surface area contributed by atoms with Gasteiger partial charge in [0.2, 0.25) is 0 Å². The zero-order valence-electron chi connectivity index (χ0n) is 13.8. The Labute approximate surface area is 147 Å². The molecule has 1 aliphatic heterocycles. The molecule has 0 N–H and O–H groups in total. The maximum Gasteiger partial charge on any atom is 0.416 e. The third kappa shape index (κ3) is 2.94. The van der Waals surface area contributed by atoms with Gasteiger partial charge in [0.05, 0.1) is 11.1 Å². The molecule has 4 rings (SSSR count). The molecule has 0 aliphatic carbocycles. The maximum absolute atomic E-state index is 13.1. The summed E-state index contributed by atoms with van der Waals surface area (Å²) in [5, 5.41) is 4.34. The molecular formula is C19H16F3N3O. The van der Waals surface area contributed by atoms with Crippen LogP contribution < -0.4 is 0 Å². The first-order valence-electron chi connectivity index (χ1n) is 8.39. The number of rotatable bonds is 2. The van der Waals surface area contributed by atoms with Gasteiger partial charge in [-0.3, -0.25) is 4.79 Å². The molecule has 1 amide bonds. The lowest BCUT2D eigenvalue weighted by Gasteiger charge is -2.16. The molecule has 0 radical (unpaired) electrons. The van der Waals surface area contributed by atoms with Crippen molar-refractivity contribution in [3.05, 3.63) is 59.9 Å². The van der Waals surface area contributed by atoms with Crippen molar-refractivity contribution in [1.82, 2.24) is 14.5 Å². The lowest BCUT2D eigenvalue weighted by atomic mass is 10.0. The largest absolute Gasteiger partial charge is 0.416 e. The number of carbonyl (C=O) groups excluding carboxylic acids is 1. The van der Waals surface area contributed by atoms with Crippen molar-refractivity contribution < 1.29 is 18.0 Å². The van der Waals surface area contributed by atoms with Gasteiger partial charge in [-0.2, -0.15) is 18.3 Å². The van der Waals surface area contributed by atoms with E-state index < -0.39 is 11.7 Å². The number of nitrogens with zero attached hydrogens (tertiary/aromatic N) is 3. The van der Waals surface area contributed by atoms with Crippen LogP contribution >= 0.6 is 0 Å². The Morgan fingerprint density at radius 2 is 1.81 bits per heavy atom. The molecule has 4 nitrogen and oxygen atoms in total. The van der Waals surface area contributed by atoms with E-state index in [4.69, 9.17) is 0 Å². The van der Waals surface area contributed by atoms with Crippen molar-refractivity contribution in [2.75, 3.05) is 13.1 Å². The van der Waals surface area contributed by atoms with E-state index >= 15 is 0 Å². The molecule has 0 spiro atoms. The van der Waals surface area contributed by atoms with Gasteiger partial charge in [0, 0.05) is 24.8 Å². The fourth-order valence-corrected chi connectivity index (χ4v) is 3.31. The number of carbonyl (C=O) groups is 1. The van der Waals surface area contributed by atoms with E-state index in [9.17, 15) is 18.0 Å². The third-order valence-electron chi connectivity index (χ3n) is 4.61. The van der Waals surface area contributed by atoms with Gasteiger partial charge in [-0.25, -0.2) is 4.52 Å². The summed E-state index contributed by atoms with van der Waals surface area (Å²) >= 11 is 0. The predicted molar refractivity (Wildman–Crippen MR) is 90.8 cm³/mol. The number of fused-ring (bicyclic) bond motifs is 1. The number of hydrogen-bond donors (Lipinski definition) is 0. The molecular weight excluding hydrogens is 343 g/mol. The predicted octanol–water partition coefficient (Wildman–Crippen LogP) is 4.26. The smallest absolute Gasteiger partial charge is 0.337 e. The van der Waals surface area contributed by atoms with Crippen LogP contribution in [0.15, 0.2) is 48.7 Å². The van der Waals surface area contributed by atoms with Crippen molar-refractivity contribution >= 4 is 11.4 Å². The molecule has 134 valence electrons. The minimum Gasteiger partial charge on any atom is -0.337 e. The zero-order valence-corrected chi connectivity index (χ0v) is 13.8. The van der Waals surface area contributed by atoms with Crippen molar-refractivity contribution in [3.63, 3.8) is 0 Å². The topological polar surface area (TPSA) is 37.6 Å². The van der Waals surface area contributed by atoms with Crippen LogP contribution in [0.25, 0.3) is 16.6 Å². The van der Waals surface area contributed by atoms with Gasteiger partial charge < -0.3 is 4.90 Å². The van der Waals surface area contributed by atoms with Crippen LogP contribution in [-0.4, -0.2) is 33.5 Å². The summed E-state index contributed by atoms with van der Waals surface area (Å²) < 4.78 is 40.8. The molecule has 0 atom stereocenters. The second-order valence-electron chi connectivity index (χ2n) is 6.36. The Hall–Kier alpha value is -2.83. The van der Waals surface area contributed by atoms with E-state index in [1.807, 2.05) is 0 Å². The van der Waals surface area contributed by atoms with Crippen molar-refractivity contribution in [2.45, 2.75) is 19.0 Å². The summed E-state index contributed by atoms with van der Waals surface area (Å²) in [4.78, 5) is 14.4. The summed E-state index contributed by atoms with van der Waals surface area (Å²) in [5.74, 6) is -0.189. The van der Waals surface area contributed by atoms with Crippen LogP contribution in [0, 0.1) is 0 Å². The minimum atomic E-state index is -4.42. The van der Waals surface area contributed by atoms with Crippen molar-refractivity contribution in [2.24, 2.45) is 0 Å². The lowest BCUT2D eigenvalue weighted by Crippen LogP contribution is -2.28. The van der Waals surface area contributed by atoms with Gasteiger partial charge in [-0.05, 0) is 48.7 Å². The molecule has 7 heteroatoms. The molecule has 1 aromatic carbocycles. The van der Waals surface area contributed by atoms with E-state index in [2.05, 4.69) is 5.10 Å². The van der Waals surface area contributed by atoms with Gasteiger partial charge in [0.25, 0.3) is 5.91 Å². The number of benzene rings is 1. The van der Waals surface area contributed by atoms with E-state index in [-0.39, 0.29) is 11.6 Å². The Bertz CT molecular complexity index is 972. The van der Waals surface area contributed by atoms with E-state index in [0.29, 0.717) is 29.7 Å². The van der Waals surface area contributed by atoms with Gasteiger partial charge in [-0.1, -0.05) is 12.1 Å². The summed E-state index contributed by atoms with van der Waals surface area (Å²) in [7, 11) is 0. The standard InChI is InChI=1S/C19H16F3N3O/c20-19(21,22)14-6-3-5-13(11-14)15-12-16(18(26)24-8-1-2-9-24)23-25-10-4-7-17(15)25/h3-7,10-12H,1-2,8-9H2. The summed E-state index contributed by atoms with van der Waals surface area (Å²) in [6.45, 7) is 1.37. The molecule has 1 saturated heterocycles. The highest BCUT2D eigenvalue weighted by Gasteiger charge is 2.30. The normalized spacial score (nSPS) is 15.0. The fourth-order valence-electron chi connectivity index (χ4n) is 3.31. The van der Waals surface area contributed by atoms with Crippen LogP contribution in [0.2, 0.25) is 0 Å². The second kappa shape index (κ2) is 6.16. The highest BCUT2D eigenvalue weighted by atomic mass is 19.4. The molecule has 3 heterocycles. The average Bonchev–Trinajstić information content (AvgIpc) is 3.31. The van der Waals surface area contributed by atoms with Crippen LogP contribution in [0.3, 0.4) is 0 Å². The molecule has 3 aromatic rings. The van der Waals surface area contributed by atoms with Gasteiger partial charge in [0.1, 0.15) is 5.69 Å². The Morgan fingerprint density at radius 1 is 1.04 bits per heavy atom. The van der Waals surface area contributed by atoms with Crippen LogP contribution in [0.1, 0.15) is 28.9 Å². The molecule has 26 heavy (non-hydrogen) atoms. The first-order valence-corrected chi connectivity index (χ1v) is 8.39. The number of hydrogen-bond acceptors (Lipinski definition) is 2. The maximum atomic E-state index is 13.1. The fraction of sp³-hybridized carbons (Fsp3) is 0.263. The van der Waals surface area contributed by atoms with Crippen LogP contribution in [-0.2, 0) is 6.18 Å². The van der Waals surface area contributed by atoms with E-state index in [1.165, 1.54) is 6.07 Å². The Balaban J connectivity index is 1.84. The highest BCUT2D eigenvalue weighted by Crippen LogP contribution is 2.33. The highest BCUT2D eigenvalue weighted by molar-refractivity contribution is 5.95. The van der Waals surface area contributed by atoms with Gasteiger partial charge in [-0.15, -0.1) is 0 Å². The van der Waals surface area contributed by atoms with Crippen molar-refractivity contribution in [3.8, 4) is 11.1 Å². The number of aromatic nitrogens is 2. The van der Waals surface area contributed by atoms with Crippen LogP contribution in [0.5, 0.6) is 0 Å². The molecule has 0 unspecified atom stereocenters. The summed E-state index contributed by atoms with van der Waals surface area (Å²) in [5.41, 5.74) is 1.13. The van der Waals surface area contributed by atoms with Crippen LogP contribution in [0.4, 0.5) is 13.2 Å². The van der Waals surface area contributed by atoms with Gasteiger partial charge >= 0.3 is 6.18 Å². The number of likely N-dealkylation sites (tertiary alicyclic amines) is 1. The zero-order chi connectivity index (χ0) is 18.3.